The van der Waals surface area contributed by atoms with Crippen LogP contribution in [0.2, 0.25) is 0 Å². The monoisotopic (exact) mass is 388 g/mol. The smallest absolute Gasteiger partial charge is 0.116 e. The Morgan fingerprint density at radius 1 is 0.964 bits per heavy atom. The first-order valence-electron chi connectivity index (χ1n) is 11.5. The molecule has 0 saturated heterocycles. The van der Waals surface area contributed by atoms with Crippen molar-refractivity contribution in [3.05, 3.63) is 59.7 Å². The van der Waals surface area contributed by atoms with Gasteiger partial charge in [-0.2, -0.15) is 0 Å². The molecule has 1 atom stereocenters. The average molecular weight is 389 g/mol. The van der Waals surface area contributed by atoms with E-state index in [2.05, 4.69) is 69.3 Å². The van der Waals surface area contributed by atoms with E-state index in [1.165, 1.54) is 57.4 Å². The molecule has 1 aromatic carbocycles. The van der Waals surface area contributed by atoms with Crippen molar-refractivity contribution >= 4 is 6.29 Å². The molecule has 1 aliphatic rings. The van der Waals surface area contributed by atoms with Crippen LogP contribution in [0.25, 0.3) is 0 Å². The molecule has 1 unspecified atom stereocenters. The van der Waals surface area contributed by atoms with Gasteiger partial charge in [-0.3, -0.25) is 0 Å². The van der Waals surface area contributed by atoms with Crippen LogP contribution in [0.5, 0.6) is 0 Å². The third kappa shape index (κ3) is 20.7. The molecule has 1 aromatic rings. The SMILES string of the molecule is CC.CC.CC(CCCCc1ccccc1)C1=CCCC=C1.CC=O.CCC. The van der Waals surface area contributed by atoms with Gasteiger partial charge in [-0.15, -0.1) is 0 Å². The number of hydrogen-bond donors (Lipinski definition) is 0. The third-order valence-corrected chi connectivity index (χ3v) is 3.79. The van der Waals surface area contributed by atoms with Gasteiger partial charge in [0.1, 0.15) is 6.29 Å². The Morgan fingerprint density at radius 2 is 1.50 bits per heavy atom. The second-order valence-electron chi connectivity index (χ2n) is 6.26. The summed E-state index contributed by atoms with van der Waals surface area (Å²) in [4.78, 5) is 8.81. The molecule has 2 rings (SSSR count). The van der Waals surface area contributed by atoms with E-state index >= 15 is 0 Å². The van der Waals surface area contributed by atoms with Crippen LogP contribution < -0.4 is 0 Å². The largest absolute Gasteiger partial charge is 0.304 e. The second kappa shape index (κ2) is 27.6. The molecule has 0 aliphatic heterocycles. The van der Waals surface area contributed by atoms with Crippen LogP contribution in [-0.4, -0.2) is 6.29 Å². The second-order valence-corrected chi connectivity index (χ2v) is 6.26. The molecule has 0 bridgehead atoms. The topological polar surface area (TPSA) is 17.1 Å². The number of aldehydes is 1. The lowest BCUT2D eigenvalue weighted by Gasteiger charge is -2.15. The lowest BCUT2D eigenvalue weighted by Crippen LogP contribution is -2.00. The number of carbonyl (C=O) groups excluding carboxylic acids is 1. The maximum atomic E-state index is 8.81. The standard InChI is InChI=1S/C18H24.C3H8.C2H4O.2C2H6/c1-16(18-14-6-3-7-15-18)10-8-9-13-17-11-4-2-5-12-17;1-3-2;1-2-3;2*1-2/h2,4-6,11-12,14-16H,3,7-10,13H2,1H3;3H2,1-2H3;2H,1H3;2*1-2H3. The Bertz CT molecular complexity index is 456. The minimum absolute atomic E-state index is 0.734. The highest BCUT2D eigenvalue weighted by molar-refractivity contribution is 5.44. The van der Waals surface area contributed by atoms with Crippen molar-refractivity contribution in [3.8, 4) is 0 Å². The van der Waals surface area contributed by atoms with E-state index < -0.39 is 0 Å². The van der Waals surface area contributed by atoms with Crippen molar-refractivity contribution in [2.45, 2.75) is 100 Å². The summed E-state index contributed by atoms with van der Waals surface area (Å²) in [6, 6.07) is 10.8. The molecule has 28 heavy (non-hydrogen) atoms. The first kappa shape index (κ1) is 31.1. The van der Waals surface area contributed by atoms with Crippen LogP contribution in [0, 0.1) is 5.92 Å². The molecular formula is C27H48O. The van der Waals surface area contributed by atoms with Crippen molar-refractivity contribution < 1.29 is 4.79 Å². The number of allylic oxidation sites excluding steroid dienone is 4. The number of hydrogen-bond acceptors (Lipinski definition) is 1. The lowest BCUT2D eigenvalue weighted by atomic mass is 9.91. The Labute approximate surface area is 177 Å². The van der Waals surface area contributed by atoms with Gasteiger partial charge in [-0.05, 0) is 56.1 Å². The lowest BCUT2D eigenvalue weighted by molar-refractivity contribution is -0.106. The van der Waals surface area contributed by atoms with Crippen LogP contribution in [0.4, 0.5) is 0 Å². The van der Waals surface area contributed by atoms with E-state index in [0.29, 0.717) is 0 Å². The zero-order chi connectivity index (χ0) is 22.0. The molecule has 0 saturated carbocycles. The van der Waals surface area contributed by atoms with Gasteiger partial charge in [0, 0.05) is 0 Å². The van der Waals surface area contributed by atoms with Crippen molar-refractivity contribution in [3.63, 3.8) is 0 Å². The van der Waals surface area contributed by atoms with Gasteiger partial charge in [-0.1, -0.05) is 110 Å². The summed E-state index contributed by atoms with van der Waals surface area (Å²) in [5.41, 5.74) is 3.03. The summed E-state index contributed by atoms with van der Waals surface area (Å²) in [7, 11) is 0. The quantitative estimate of drug-likeness (QED) is 0.351. The van der Waals surface area contributed by atoms with E-state index in [1.807, 2.05) is 27.7 Å². The Balaban J connectivity index is -0.000000534. The fraction of sp³-hybridized carbons (Fsp3) is 0.593. The van der Waals surface area contributed by atoms with Gasteiger partial charge in [0.2, 0.25) is 0 Å². The van der Waals surface area contributed by atoms with Gasteiger partial charge in [0.25, 0.3) is 0 Å². The minimum Gasteiger partial charge on any atom is -0.304 e. The molecule has 0 radical (unpaired) electrons. The molecule has 162 valence electrons. The summed E-state index contributed by atoms with van der Waals surface area (Å²) in [6.07, 6.45) is 16.7. The number of unbranched alkanes of at least 4 members (excludes halogenated alkanes) is 1. The van der Waals surface area contributed by atoms with E-state index in [-0.39, 0.29) is 0 Å². The van der Waals surface area contributed by atoms with Gasteiger partial charge in [0.05, 0.1) is 0 Å². The number of aryl methyl sites for hydroxylation is 1. The fourth-order valence-corrected chi connectivity index (χ4v) is 2.59. The number of carbonyl (C=O) groups is 1. The van der Waals surface area contributed by atoms with Gasteiger partial charge in [0.15, 0.2) is 0 Å². The summed E-state index contributed by atoms with van der Waals surface area (Å²) in [5, 5.41) is 0. The molecular weight excluding hydrogens is 340 g/mol. The van der Waals surface area contributed by atoms with Gasteiger partial charge >= 0.3 is 0 Å². The Kier molecular flexibility index (Phi) is 30.6. The predicted octanol–water partition coefficient (Wildman–Crippen LogP) is 8.99. The molecule has 1 nitrogen and oxygen atoms in total. The van der Waals surface area contributed by atoms with Crippen LogP contribution in [0.1, 0.15) is 99.5 Å². The predicted molar refractivity (Wildman–Crippen MR) is 130 cm³/mol. The van der Waals surface area contributed by atoms with E-state index in [1.54, 1.807) is 5.57 Å². The van der Waals surface area contributed by atoms with Gasteiger partial charge in [-0.25, -0.2) is 0 Å². The first-order chi connectivity index (χ1) is 13.7. The molecule has 0 heterocycles. The van der Waals surface area contributed by atoms with Crippen LogP contribution in [-0.2, 0) is 11.2 Å². The normalized spacial score (nSPS) is 12.1. The molecule has 1 heteroatoms. The number of rotatable bonds is 6. The highest BCUT2D eigenvalue weighted by atomic mass is 16.1. The zero-order valence-electron chi connectivity index (χ0n) is 20.1. The summed E-state index contributed by atoms with van der Waals surface area (Å²) >= 11 is 0. The maximum absolute atomic E-state index is 8.81. The third-order valence-electron chi connectivity index (χ3n) is 3.79. The number of benzene rings is 1. The van der Waals surface area contributed by atoms with Gasteiger partial charge < -0.3 is 4.79 Å². The minimum atomic E-state index is 0.734. The van der Waals surface area contributed by atoms with Crippen molar-refractivity contribution in [1.82, 2.24) is 0 Å². The highest BCUT2D eigenvalue weighted by Crippen LogP contribution is 2.23. The first-order valence-corrected chi connectivity index (χ1v) is 11.5. The molecule has 0 spiro atoms. The van der Waals surface area contributed by atoms with Crippen LogP contribution in [0.3, 0.4) is 0 Å². The molecule has 0 amide bonds. The molecule has 1 aliphatic carbocycles. The van der Waals surface area contributed by atoms with Crippen LogP contribution in [0.15, 0.2) is 54.1 Å². The highest BCUT2D eigenvalue weighted by Gasteiger charge is 2.07. The van der Waals surface area contributed by atoms with Crippen molar-refractivity contribution in [1.29, 1.82) is 0 Å². The van der Waals surface area contributed by atoms with Crippen molar-refractivity contribution in [2.75, 3.05) is 0 Å². The molecule has 0 fully saturated rings. The van der Waals surface area contributed by atoms with E-state index in [0.717, 1.165) is 12.2 Å². The fourth-order valence-electron chi connectivity index (χ4n) is 2.59. The Hall–Kier alpha value is -1.63. The zero-order valence-corrected chi connectivity index (χ0v) is 20.1. The van der Waals surface area contributed by atoms with Crippen LogP contribution >= 0.6 is 0 Å². The van der Waals surface area contributed by atoms with Crippen molar-refractivity contribution in [2.24, 2.45) is 5.92 Å². The Morgan fingerprint density at radius 3 is 1.96 bits per heavy atom. The maximum Gasteiger partial charge on any atom is 0.116 e. The summed E-state index contributed by atoms with van der Waals surface area (Å²) < 4.78 is 0. The molecule has 0 N–H and O–H groups in total. The summed E-state index contributed by atoms with van der Waals surface area (Å²) in [6.45, 7) is 16.1. The van der Waals surface area contributed by atoms with E-state index in [9.17, 15) is 0 Å². The molecule has 0 aromatic heterocycles. The summed E-state index contributed by atoms with van der Waals surface area (Å²) in [5.74, 6) is 0.734. The van der Waals surface area contributed by atoms with E-state index in [4.69, 9.17) is 4.79 Å². The average Bonchev–Trinajstić information content (AvgIpc) is 2.76.